The molecule has 1 N–H and O–H groups in total. The van der Waals surface area contributed by atoms with Crippen LogP contribution in [0, 0.1) is 0 Å². The first kappa shape index (κ1) is 12.2. The molecule has 5 heteroatoms. The monoisotopic (exact) mass is 268 g/mol. The summed E-state index contributed by atoms with van der Waals surface area (Å²) >= 11 is 0. The standard InChI is InChI=1S/C15H12N2O3/c18-15(12-4-7-19-10-12)17-9-11-3-5-16-13(8-11)14-2-1-6-20-14/h1-8,10H,9H2,(H,17,18). The molecular weight excluding hydrogens is 256 g/mol. The first-order valence-electron chi connectivity index (χ1n) is 6.12. The molecule has 20 heavy (non-hydrogen) atoms. The minimum absolute atomic E-state index is 0.171. The highest BCUT2D eigenvalue weighted by Gasteiger charge is 2.07. The third kappa shape index (κ3) is 2.61. The van der Waals surface area contributed by atoms with E-state index >= 15 is 0 Å². The highest BCUT2D eigenvalue weighted by Crippen LogP contribution is 2.18. The van der Waals surface area contributed by atoms with Gasteiger partial charge in [-0.1, -0.05) is 0 Å². The van der Waals surface area contributed by atoms with Crippen molar-refractivity contribution >= 4 is 5.91 Å². The van der Waals surface area contributed by atoms with Gasteiger partial charge in [-0.05, 0) is 35.9 Å². The van der Waals surface area contributed by atoms with Gasteiger partial charge in [0, 0.05) is 12.7 Å². The Balaban J connectivity index is 1.69. The summed E-state index contributed by atoms with van der Waals surface area (Å²) in [6.45, 7) is 0.417. The summed E-state index contributed by atoms with van der Waals surface area (Å²) in [5, 5.41) is 2.82. The SMILES string of the molecule is O=C(NCc1ccnc(-c2ccco2)c1)c1ccoc1. The van der Waals surface area contributed by atoms with Crippen LogP contribution in [0.5, 0.6) is 0 Å². The molecule has 0 unspecified atom stereocenters. The molecule has 0 spiro atoms. The van der Waals surface area contributed by atoms with Crippen LogP contribution in [-0.2, 0) is 6.54 Å². The largest absolute Gasteiger partial charge is 0.472 e. The van der Waals surface area contributed by atoms with E-state index in [-0.39, 0.29) is 5.91 Å². The van der Waals surface area contributed by atoms with Crippen LogP contribution in [-0.4, -0.2) is 10.9 Å². The molecule has 0 saturated carbocycles. The number of furan rings is 2. The molecule has 0 aromatic carbocycles. The van der Waals surface area contributed by atoms with Gasteiger partial charge in [0.1, 0.15) is 12.0 Å². The Morgan fingerprint density at radius 3 is 2.95 bits per heavy atom. The van der Waals surface area contributed by atoms with Gasteiger partial charge in [-0.15, -0.1) is 0 Å². The van der Waals surface area contributed by atoms with Crippen LogP contribution in [0.3, 0.4) is 0 Å². The first-order valence-corrected chi connectivity index (χ1v) is 6.12. The van der Waals surface area contributed by atoms with E-state index in [2.05, 4.69) is 10.3 Å². The van der Waals surface area contributed by atoms with Crippen molar-refractivity contribution in [3.63, 3.8) is 0 Å². The lowest BCUT2D eigenvalue weighted by molar-refractivity contribution is 0.0950. The van der Waals surface area contributed by atoms with Crippen molar-refractivity contribution in [2.24, 2.45) is 0 Å². The molecule has 1 amide bonds. The van der Waals surface area contributed by atoms with E-state index in [9.17, 15) is 4.79 Å². The highest BCUT2D eigenvalue weighted by molar-refractivity contribution is 5.93. The van der Waals surface area contributed by atoms with Crippen molar-refractivity contribution in [1.29, 1.82) is 0 Å². The van der Waals surface area contributed by atoms with Crippen LogP contribution in [0.4, 0.5) is 0 Å². The molecule has 0 atom stereocenters. The number of hydrogen-bond donors (Lipinski definition) is 1. The lowest BCUT2D eigenvalue weighted by atomic mass is 10.2. The molecule has 0 aliphatic heterocycles. The Morgan fingerprint density at radius 2 is 2.20 bits per heavy atom. The van der Waals surface area contributed by atoms with Crippen LogP contribution < -0.4 is 5.32 Å². The van der Waals surface area contributed by atoms with Crippen molar-refractivity contribution in [2.75, 3.05) is 0 Å². The maximum atomic E-state index is 11.8. The molecule has 0 aliphatic carbocycles. The van der Waals surface area contributed by atoms with Gasteiger partial charge in [0.15, 0.2) is 5.76 Å². The van der Waals surface area contributed by atoms with Gasteiger partial charge < -0.3 is 14.2 Å². The average molecular weight is 268 g/mol. The zero-order chi connectivity index (χ0) is 13.8. The number of nitrogens with one attached hydrogen (secondary N) is 1. The lowest BCUT2D eigenvalue weighted by Gasteiger charge is -2.05. The fourth-order valence-corrected chi connectivity index (χ4v) is 1.82. The van der Waals surface area contributed by atoms with Crippen molar-refractivity contribution in [1.82, 2.24) is 10.3 Å². The van der Waals surface area contributed by atoms with Crippen molar-refractivity contribution in [3.05, 3.63) is 66.4 Å². The minimum atomic E-state index is -0.171. The summed E-state index contributed by atoms with van der Waals surface area (Å²) in [7, 11) is 0. The molecule has 100 valence electrons. The highest BCUT2D eigenvalue weighted by atomic mass is 16.3. The normalized spacial score (nSPS) is 10.4. The zero-order valence-electron chi connectivity index (χ0n) is 10.6. The average Bonchev–Trinajstić information content (AvgIpc) is 3.17. The van der Waals surface area contributed by atoms with E-state index in [1.807, 2.05) is 24.3 Å². The maximum Gasteiger partial charge on any atom is 0.254 e. The number of carbonyl (C=O) groups excluding carboxylic acids is 1. The van der Waals surface area contributed by atoms with Crippen molar-refractivity contribution in [2.45, 2.75) is 6.54 Å². The molecule has 0 aliphatic rings. The summed E-state index contributed by atoms with van der Waals surface area (Å²) in [4.78, 5) is 16.0. The second-order valence-corrected chi connectivity index (χ2v) is 4.22. The predicted octanol–water partition coefficient (Wildman–Crippen LogP) is 2.86. The Kier molecular flexibility index (Phi) is 3.33. The first-order chi connectivity index (χ1) is 9.83. The third-order valence-electron chi connectivity index (χ3n) is 2.83. The Labute approximate surface area is 115 Å². The second-order valence-electron chi connectivity index (χ2n) is 4.22. The van der Waals surface area contributed by atoms with Crippen molar-refractivity contribution < 1.29 is 13.6 Å². The van der Waals surface area contributed by atoms with Gasteiger partial charge in [-0.25, -0.2) is 0 Å². The summed E-state index contributed by atoms with van der Waals surface area (Å²) in [5.74, 6) is 0.531. The van der Waals surface area contributed by atoms with Crippen LogP contribution >= 0.6 is 0 Å². The van der Waals surface area contributed by atoms with Gasteiger partial charge in [-0.2, -0.15) is 0 Å². The number of hydrogen-bond acceptors (Lipinski definition) is 4. The smallest absolute Gasteiger partial charge is 0.254 e. The quantitative estimate of drug-likeness (QED) is 0.790. The number of carbonyl (C=O) groups is 1. The molecule has 0 bridgehead atoms. The van der Waals surface area contributed by atoms with Gasteiger partial charge in [0.05, 0.1) is 18.1 Å². The lowest BCUT2D eigenvalue weighted by Crippen LogP contribution is -2.22. The van der Waals surface area contributed by atoms with E-state index in [4.69, 9.17) is 8.83 Å². The summed E-state index contributed by atoms with van der Waals surface area (Å²) in [5.41, 5.74) is 2.19. The predicted molar refractivity (Wildman–Crippen MR) is 71.8 cm³/mol. The van der Waals surface area contributed by atoms with Crippen LogP contribution in [0.1, 0.15) is 15.9 Å². The van der Waals surface area contributed by atoms with E-state index in [0.717, 1.165) is 11.3 Å². The number of nitrogens with zero attached hydrogens (tertiary/aromatic N) is 1. The number of rotatable bonds is 4. The van der Waals surface area contributed by atoms with E-state index in [1.54, 1.807) is 18.5 Å². The van der Waals surface area contributed by atoms with Gasteiger partial charge in [0.2, 0.25) is 0 Å². The molecule has 3 aromatic heterocycles. The molecule has 0 radical (unpaired) electrons. The fourth-order valence-electron chi connectivity index (χ4n) is 1.82. The third-order valence-corrected chi connectivity index (χ3v) is 2.83. The van der Waals surface area contributed by atoms with Crippen LogP contribution in [0.2, 0.25) is 0 Å². The molecular formula is C15H12N2O3. The molecule has 3 aromatic rings. The maximum absolute atomic E-state index is 11.8. The van der Waals surface area contributed by atoms with Gasteiger partial charge >= 0.3 is 0 Å². The fraction of sp³-hybridized carbons (Fsp3) is 0.0667. The molecule has 0 fully saturated rings. The van der Waals surface area contributed by atoms with Crippen molar-refractivity contribution in [3.8, 4) is 11.5 Å². The Bertz CT molecular complexity index is 688. The molecule has 5 nitrogen and oxygen atoms in total. The van der Waals surface area contributed by atoms with Crippen LogP contribution in [0.25, 0.3) is 11.5 Å². The number of amides is 1. The van der Waals surface area contributed by atoms with E-state index in [0.29, 0.717) is 17.9 Å². The number of pyridine rings is 1. The second kappa shape index (κ2) is 5.44. The molecule has 3 heterocycles. The van der Waals surface area contributed by atoms with Crippen LogP contribution in [0.15, 0.2) is 64.2 Å². The minimum Gasteiger partial charge on any atom is -0.472 e. The van der Waals surface area contributed by atoms with E-state index < -0.39 is 0 Å². The van der Waals surface area contributed by atoms with E-state index in [1.165, 1.54) is 12.5 Å². The summed E-state index contributed by atoms with van der Waals surface area (Å²) in [6, 6.07) is 9.01. The van der Waals surface area contributed by atoms with Gasteiger partial charge in [-0.3, -0.25) is 9.78 Å². The zero-order valence-corrected chi connectivity index (χ0v) is 10.6. The Hall–Kier alpha value is -2.82. The molecule has 3 rings (SSSR count). The topological polar surface area (TPSA) is 68.3 Å². The Morgan fingerprint density at radius 1 is 1.25 bits per heavy atom. The number of aromatic nitrogens is 1. The summed E-state index contributed by atoms with van der Waals surface area (Å²) < 4.78 is 10.2. The summed E-state index contributed by atoms with van der Waals surface area (Å²) in [6.07, 6.45) is 6.17. The van der Waals surface area contributed by atoms with Gasteiger partial charge in [0.25, 0.3) is 5.91 Å². The molecule has 0 saturated heterocycles.